The molecular formula is C21H17N3O4. The van der Waals surface area contributed by atoms with Crippen molar-refractivity contribution in [3.05, 3.63) is 65.2 Å². The van der Waals surface area contributed by atoms with Gasteiger partial charge in [0.1, 0.15) is 11.8 Å². The first kappa shape index (κ1) is 17.5. The van der Waals surface area contributed by atoms with Crippen molar-refractivity contribution in [1.29, 1.82) is 5.26 Å². The van der Waals surface area contributed by atoms with Gasteiger partial charge in [-0.3, -0.25) is 0 Å². The van der Waals surface area contributed by atoms with Crippen molar-refractivity contribution >= 4 is 18.0 Å². The number of benzene rings is 2. The van der Waals surface area contributed by atoms with Crippen molar-refractivity contribution in [2.45, 2.75) is 6.54 Å². The zero-order valence-corrected chi connectivity index (χ0v) is 15.1. The molecule has 2 aromatic carbocycles. The quantitative estimate of drug-likeness (QED) is 0.695. The predicted molar refractivity (Wildman–Crippen MR) is 103 cm³/mol. The minimum absolute atomic E-state index is 0.200. The lowest BCUT2D eigenvalue weighted by atomic mass is 10.2. The van der Waals surface area contributed by atoms with E-state index < -0.39 is 0 Å². The Hall–Kier alpha value is -3.92. The molecule has 0 unspecified atom stereocenters. The first-order valence-corrected chi connectivity index (χ1v) is 8.60. The molecule has 0 aliphatic carbocycles. The molecule has 0 saturated carbocycles. The number of nitrogens with zero attached hydrogens (tertiary/aromatic N) is 2. The molecule has 1 aromatic heterocycles. The van der Waals surface area contributed by atoms with E-state index in [4.69, 9.17) is 18.6 Å². The number of nitriles is 1. The van der Waals surface area contributed by atoms with Gasteiger partial charge in [-0.15, -0.1) is 0 Å². The first-order chi connectivity index (χ1) is 13.7. The molecule has 0 atom stereocenters. The number of hydrogen-bond acceptors (Lipinski definition) is 7. The molecule has 0 bridgehead atoms. The minimum atomic E-state index is 0.200. The van der Waals surface area contributed by atoms with Crippen LogP contribution in [-0.2, 0) is 6.54 Å². The summed E-state index contributed by atoms with van der Waals surface area (Å²) in [7, 11) is 1.62. The number of fused-ring (bicyclic) bond motifs is 1. The van der Waals surface area contributed by atoms with E-state index in [1.165, 1.54) is 0 Å². The maximum Gasteiger partial charge on any atom is 0.232 e. The number of hydrogen-bond donors (Lipinski definition) is 1. The molecule has 1 aliphatic heterocycles. The summed E-state index contributed by atoms with van der Waals surface area (Å²) in [6.45, 7) is 0.690. The minimum Gasteiger partial charge on any atom is -0.497 e. The third-order valence-corrected chi connectivity index (χ3v) is 4.15. The van der Waals surface area contributed by atoms with Gasteiger partial charge in [0.25, 0.3) is 0 Å². The molecule has 0 radical (unpaired) electrons. The summed E-state index contributed by atoms with van der Waals surface area (Å²) in [4.78, 5) is 4.20. The van der Waals surface area contributed by atoms with E-state index in [0.717, 1.165) is 22.6 Å². The summed E-state index contributed by atoms with van der Waals surface area (Å²) in [6.07, 6.45) is 3.55. The SMILES string of the molecule is COc1cccc(/C=C/c2nc(C#N)c(NCc3ccc4c(c3)OCO4)o2)c1. The molecule has 1 aliphatic rings. The second kappa shape index (κ2) is 7.76. The monoisotopic (exact) mass is 375 g/mol. The average molecular weight is 375 g/mol. The van der Waals surface area contributed by atoms with Crippen LogP contribution in [0.2, 0.25) is 0 Å². The van der Waals surface area contributed by atoms with Crippen LogP contribution in [0.1, 0.15) is 22.7 Å². The molecule has 28 heavy (non-hydrogen) atoms. The van der Waals surface area contributed by atoms with Crippen LogP contribution < -0.4 is 19.5 Å². The van der Waals surface area contributed by atoms with Crippen molar-refractivity contribution in [3.8, 4) is 23.3 Å². The lowest BCUT2D eigenvalue weighted by Crippen LogP contribution is -1.99. The Kier molecular flexibility index (Phi) is 4.85. The highest BCUT2D eigenvalue weighted by molar-refractivity contribution is 5.68. The molecule has 0 spiro atoms. The topological polar surface area (TPSA) is 89.5 Å². The summed E-state index contributed by atoms with van der Waals surface area (Å²) in [5.74, 6) is 2.86. The van der Waals surface area contributed by atoms with Gasteiger partial charge in [-0.1, -0.05) is 18.2 Å². The van der Waals surface area contributed by atoms with E-state index in [0.29, 0.717) is 24.1 Å². The van der Waals surface area contributed by atoms with Crippen molar-refractivity contribution in [3.63, 3.8) is 0 Å². The van der Waals surface area contributed by atoms with Gasteiger partial charge >= 0.3 is 0 Å². The summed E-state index contributed by atoms with van der Waals surface area (Å²) in [5, 5.41) is 12.4. The Morgan fingerprint density at radius 3 is 2.93 bits per heavy atom. The largest absolute Gasteiger partial charge is 0.497 e. The second-order valence-corrected chi connectivity index (χ2v) is 5.99. The number of ether oxygens (including phenoxy) is 3. The van der Waals surface area contributed by atoms with Gasteiger partial charge in [-0.25, -0.2) is 0 Å². The third kappa shape index (κ3) is 3.76. The Morgan fingerprint density at radius 2 is 2.07 bits per heavy atom. The highest BCUT2D eigenvalue weighted by atomic mass is 16.7. The van der Waals surface area contributed by atoms with Crippen molar-refractivity contribution < 1.29 is 18.6 Å². The van der Waals surface area contributed by atoms with E-state index in [-0.39, 0.29) is 12.5 Å². The van der Waals surface area contributed by atoms with Crippen LogP contribution in [0.15, 0.2) is 46.9 Å². The van der Waals surface area contributed by atoms with Gasteiger partial charge < -0.3 is 23.9 Å². The number of methoxy groups -OCH3 is 1. The molecule has 4 rings (SSSR count). The highest BCUT2D eigenvalue weighted by Gasteiger charge is 2.15. The number of nitrogens with one attached hydrogen (secondary N) is 1. The normalized spacial score (nSPS) is 12.1. The lowest BCUT2D eigenvalue weighted by molar-refractivity contribution is 0.174. The van der Waals surface area contributed by atoms with Crippen LogP contribution in [0, 0.1) is 11.3 Å². The third-order valence-electron chi connectivity index (χ3n) is 4.15. The van der Waals surface area contributed by atoms with E-state index in [9.17, 15) is 5.26 Å². The highest BCUT2D eigenvalue weighted by Crippen LogP contribution is 2.32. The van der Waals surface area contributed by atoms with E-state index in [1.54, 1.807) is 13.2 Å². The Balaban J connectivity index is 1.47. The van der Waals surface area contributed by atoms with Gasteiger partial charge in [0.2, 0.25) is 24.3 Å². The van der Waals surface area contributed by atoms with Crippen LogP contribution in [-0.4, -0.2) is 18.9 Å². The number of rotatable bonds is 6. The summed E-state index contributed by atoms with van der Waals surface area (Å²) >= 11 is 0. The summed E-state index contributed by atoms with van der Waals surface area (Å²) in [6, 6.07) is 15.3. The van der Waals surface area contributed by atoms with Crippen LogP contribution in [0.3, 0.4) is 0 Å². The molecule has 140 valence electrons. The van der Waals surface area contributed by atoms with Crippen molar-refractivity contribution in [1.82, 2.24) is 4.98 Å². The Bertz CT molecular complexity index is 1070. The molecule has 0 amide bonds. The Morgan fingerprint density at radius 1 is 1.18 bits per heavy atom. The van der Waals surface area contributed by atoms with E-state index in [2.05, 4.69) is 10.3 Å². The molecule has 0 saturated heterocycles. The fourth-order valence-electron chi connectivity index (χ4n) is 2.75. The standard InChI is InChI=1S/C21H17N3O4/c1-25-16-4-2-3-14(9-16)6-8-20-24-17(11-22)21(28-20)23-12-15-5-7-18-19(10-15)27-13-26-18/h2-10,23H,12-13H2,1H3/b8-6+. The maximum atomic E-state index is 9.32. The van der Waals surface area contributed by atoms with Gasteiger partial charge in [0, 0.05) is 12.6 Å². The second-order valence-electron chi connectivity index (χ2n) is 5.99. The number of anilines is 1. The molecule has 0 fully saturated rings. The molecule has 3 aromatic rings. The van der Waals surface area contributed by atoms with Crippen molar-refractivity contribution in [2.24, 2.45) is 0 Å². The van der Waals surface area contributed by atoms with Crippen LogP contribution in [0.4, 0.5) is 5.88 Å². The molecule has 2 heterocycles. The maximum absolute atomic E-state index is 9.32. The molecule has 1 N–H and O–H groups in total. The van der Waals surface area contributed by atoms with Gasteiger partial charge in [0.05, 0.1) is 7.11 Å². The van der Waals surface area contributed by atoms with Crippen LogP contribution in [0.25, 0.3) is 12.2 Å². The van der Waals surface area contributed by atoms with E-state index >= 15 is 0 Å². The molecular weight excluding hydrogens is 358 g/mol. The van der Waals surface area contributed by atoms with Gasteiger partial charge in [-0.05, 0) is 41.5 Å². The van der Waals surface area contributed by atoms with E-state index in [1.807, 2.05) is 54.6 Å². The molecule has 7 heteroatoms. The number of aromatic nitrogens is 1. The van der Waals surface area contributed by atoms with Crippen LogP contribution in [0.5, 0.6) is 17.2 Å². The van der Waals surface area contributed by atoms with Gasteiger partial charge in [-0.2, -0.15) is 10.2 Å². The average Bonchev–Trinajstić information content (AvgIpc) is 3.36. The number of oxazole rings is 1. The smallest absolute Gasteiger partial charge is 0.232 e. The zero-order chi connectivity index (χ0) is 19.3. The fraction of sp³-hybridized carbons (Fsp3) is 0.143. The Labute approximate surface area is 161 Å². The molecule has 7 nitrogen and oxygen atoms in total. The lowest BCUT2D eigenvalue weighted by Gasteiger charge is -2.04. The van der Waals surface area contributed by atoms with Gasteiger partial charge in [0.15, 0.2) is 11.5 Å². The fourth-order valence-corrected chi connectivity index (χ4v) is 2.75. The van der Waals surface area contributed by atoms with Crippen LogP contribution >= 0.6 is 0 Å². The summed E-state index contributed by atoms with van der Waals surface area (Å²) < 4.78 is 21.6. The summed E-state index contributed by atoms with van der Waals surface area (Å²) in [5.41, 5.74) is 2.11. The van der Waals surface area contributed by atoms with Crippen molar-refractivity contribution in [2.75, 3.05) is 19.2 Å². The zero-order valence-electron chi connectivity index (χ0n) is 15.1. The predicted octanol–water partition coefficient (Wildman–Crippen LogP) is 4.07. The first-order valence-electron chi connectivity index (χ1n) is 8.60.